The largest absolute Gasteiger partial charge is 0.491 e. The zero-order valence-corrected chi connectivity index (χ0v) is 24.1. The van der Waals surface area contributed by atoms with E-state index in [1.807, 2.05) is 78.9 Å². The van der Waals surface area contributed by atoms with E-state index < -0.39 is 26.1 Å². The maximum Gasteiger partial charge on any atom is 0.466 e. The van der Waals surface area contributed by atoms with Gasteiger partial charge in [-0.2, -0.15) is 0 Å². The van der Waals surface area contributed by atoms with Gasteiger partial charge in [0.2, 0.25) is 0 Å². The first-order valence-corrected chi connectivity index (χ1v) is 14.3. The van der Waals surface area contributed by atoms with Crippen molar-refractivity contribution in [1.29, 1.82) is 0 Å². The third-order valence-electron chi connectivity index (χ3n) is 5.67. The summed E-state index contributed by atoms with van der Waals surface area (Å²) in [5.41, 5.74) is 3.37. The second-order valence-electron chi connectivity index (χ2n) is 8.81. The Kier molecular flexibility index (Phi) is 14.5. The number of amides is 2. The molecule has 0 saturated heterocycles. The molecule has 0 fully saturated rings. The summed E-state index contributed by atoms with van der Waals surface area (Å²) in [5, 5.41) is 18.9. The van der Waals surface area contributed by atoms with Gasteiger partial charge in [-0.1, -0.05) is 42.5 Å². The van der Waals surface area contributed by atoms with Crippen LogP contribution in [0.5, 0.6) is 5.75 Å². The lowest BCUT2D eigenvalue weighted by Crippen LogP contribution is -2.32. The van der Waals surface area contributed by atoms with Crippen LogP contribution in [0, 0.1) is 0 Å². The molecule has 2 amide bonds. The van der Waals surface area contributed by atoms with E-state index in [0.29, 0.717) is 24.5 Å². The maximum absolute atomic E-state index is 11.5. The van der Waals surface area contributed by atoms with E-state index >= 15 is 0 Å². The molecule has 0 unspecified atom stereocenters. The number of aliphatic hydroxyl groups is 1. The normalized spacial score (nSPS) is 11.5. The number of hydrogen-bond acceptors (Lipinski definition) is 8. The van der Waals surface area contributed by atoms with Crippen molar-refractivity contribution in [3.05, 3.63) is 90.0 Å². The van der Waals surface area contributed by atoms with Gasteiger partial charge >= 0.3 is 20.0 Å². The van der Waals surface area contributed by atoms with E-state index in [9.17, 15) is 14.7 Å². The monoisotopic (exact) mass is 605 g/mol. The molecule has 7 N–H and O–H groups in total. The summed E-state index contributed by atoms with van der Waals surface area (Å²) in [4.78, 5) is 44.6. The Labute approximate surface area is 243 Å². The summed E-state index contributed by atoms with van der Waals surface area (Å²) in [6.07, 6.45) is -0.959. The fourth-order valence-corrected chi connectivity index (χ4v) is 3.74. The van der Waals surface area contributed by atoms with Crippen LogP contribution in [-0.4, -0.2) is 72.0 Å². The van der Waals surface area contributed by atoms with Gasteiger partial charge in [0.05, 0.1) is 14.2 Å². The zero-order chi connectivity index (χ0) is 31.0. The Morgan fingerprint density at radius 3 is 1.67 bits per heavy atom. The number of ether oxygens (including phenoxy) is 3. The maximum atomic E-state index is 11.5. The molecule has 0 spiro atoms. The second kappa shape index (κ2) is 17.8. The Bertz CT molecular complexity index is 1200. The van der Waals surface area contributed by atoms with Crippen LogP contribution in [0.25, 0.3) is 0 Å². The van der Waals surface area contributed by atoms with Gasteiger partial charge < -0.3 is 39.3 Å². The SMILES string of the molecule is COC(=O)Nc1ccc(C(CCNC[C@H](O)COc2ccccc2)c2ccc(NC(=O)OC)cc2)cc1.O=P(O)(O)O. The first-order valence-electron chi connectivity index (χ1n) is 12.7. The molecule has 3 aromatic carbocycles. The highest BCUT2D eigenvalue weighted by Crippen LogP contribution is 2.30. The smallest absolute Gasteiger partial charge is 0.466 e. The number of anilines is 2. The van der Waals surface area contributed by atoms with Crippen LogP contribution in [-0.2, 0) is 14.0 Å². The summed E-state index contributed by atoms with van der Waals surface area (Å²) in [6, 6.07) is 24.5. The van der Waals surface area contributed by atoms with Gasteiger partial charge in [-0.05, 0) is 60.5 Å². The lowest BCUT2D eigenvalue weighted by Gasteiger charge is -2.20. The molecule has 0 aliphatic carbocycles. The van der Waals surface area contributed by atoms with Crippen molar-refractivity contribution in [3.63, 3.8) is 0 Å². The third-order valence-corrected chi connectivity index (χ3v) is 5.67. The number of rotatable bonds is 12. The highest BCUT2D eigenvalue weighted by atomic mass is 31.2. The Hall–Kier alpha value is -3.97. The number of carbonyl (C=O) groups excluding carboxylic acids is 2. The van der Waals surface area contributed by atoms with Gasteiger partial charge in [-0.15, -0.1) is 0 Å². The van der Waals surface area contributed by atoms with Gasteiger partial charge in [-0.25, -0.2) is 14.2 Å². The van der Waals surface area contributed by atoms with Gasteiger partial charge in [0.1, 0.15) is 18.5 Å². The quantitative estimate of drug-likeness (QED) is 0.118. The molecule has 0 saturated carbocycles. The lowest BCUT2D eigenvalue weighted by molar-refractivity contribution is 0.106. The number of carbonyl (C=O) groups is 2. The molecule has 13 nitrogen and oxygen atoms in total. The van der Waals surface area contributed by atoms with Crippen LogP contribution in [0.4, 0.5) is 21.0 Å². The minimum Gasteiger partial charge on any atom is -0.491 e. The third kappa shape index (κ3) is 14.1. The minimum atomic E-state index is -4.64. The van der Waals surface area contributed by atoms with E-state index in [1.54, 1.807) is 0 Å². The van der Waals surface area contributed by atoms with E-state index in [4.69, 9.17) is 24.0 Å². The van der Waals surface area contributed by atoms with Gasteiger partial charge in [0, 0.05) is 23.8 Å². The molecule has 3 rings (SSSR count). The molecule has 14 heteroatoms. The van der Waals surface area contributed by atoms with Crippen molar-refractivity contribution < 1.29 is 48.2 Å². The zero-order valence-electron chi connectivity index (χ0n) is 23.2. The first-order chi connectivity index (χ1) is 20.0. The molecule has 0 bridgehead atoms. The van der Waals surface area contributed by atoms with Crippen LogP contribution < -0.4 is 20.7 Å². The van der Waals surface area contributed by atoms with Gasteiger partial charge in [0.25, 0.3) is 0 Å². The van der Waals surface area contributed by atoms with E-state index in [1.165, 1.54) is 14.2 Å². The van der Waals surface area contributed by atoms with Crippen molar-refractivity contribution in [2.75, 3.05) is 44.5 Å². The van der Waals surface area contributed by atoms with Crippen LogP contribution in [0.3, 0.4) is 0 Å². The van der Waals surface area contributed by atoms with Crippen molar-refractivity contribution in [1.82, 2.24) is 5.32 Å². The predicted octanol–water partition coefficient (Wildman–Crippen LogP) is 3.67. The van der Waals surface area contributed by atoms with Crippen LogP contribution >= 0.6 is 7.82 Å². The van der Waals surface area contributed by atoms with Crippen LogP contribution in [0.1, 0.15) is 23.5 Å². The van der Waals surface area contributed by atoms with Crippen molar-refractivity contribution in [2.24, 2.45) is 0 Å². The molecule has 42 heavy (non-hydrogen) atoms. The summed E-state index contributed by atoms with van der Waals surface area (Å²) < 4.78 is 23.8. The molecule has 228 valence electrons. The Morgan fingerprint density at radius 2 is 1.24 bits per heavy atom. The molecule has 3 aromatic rings. The summed E-state index contributed by atoms with van der Waals surface area (Å²) in [6.45, 7) is 1.24. The van der Waals surface area contributed by atoms with Gasteiger partial charge in [0.15, 0.2) is 0 Å². The molecule has 0 radical (unpaired) electrons. The van der Waals surface area contributed by atoms with E-state index in [0.717, 1.165) is 23.3 Å². The number of aliphatic hydroxyl groups excluding tert-OH is 1. The molecule has 0 heterocycles. The number of methoxy groups -OCH3 is 2. The number of phosphoric acid groups is 1. The Morgan fingerprint density at radius 1 is 0.786 bits per heavy atom. The molecule has 0 aliphatic rings. The molecular weight excluding hydrogens is 569 g/mol. The minimum absolute atomic E-state index is 0.0320. The van der Waals surface area contributed by atoms with Crippen LogP contribution in [0.15, 0.2) is 78.9 Å². The molecule has 1 atom stereocenters. The average Bonchev–Trinajstić information content (AvgIpc) is 2.97. The van der Waals surface area contributed by atoms with E-state index in [2.05, 4.69) is 25.4 Å². The summed E-state index contributed by atoms with van der Waals surface area (Å²) >= 11 is 0. The lowest BCUT2D eigenvalue weighted by atomic mass is 9.88. The van der Waals surface area contributed by atoms with Crippen LogP contribution in [0.2, 0.25) is 0 Å². The average molecular weight is 606 g/mol. The molecule has 0 aliphatic heterocycles. The number of para-hydroxylation sites is 1. The number of nitrogens with one attached hydrogen (secondary N) is 3. The fourth-order valence-electron chi connectivity index (χ4n) is 3.74. The highest BCUT2D eigenvalue weighted by Gasteiger charge is 2.16. The number of benzene rings is 3. The summed E-state index contributed by atoms with van der Waals surface area (Å²) in [5.74, 6) is 0.751. The predicted molar refractivity (Wildman–Crippen MR) is 156 cm³/mol. The first kappa shape index (κ1) is 34.2. The number of hydrogen-bond donors (Lipinski definition) is 7. The van der Waals surface area contributed by atoms with Crippen molar-refractivity contribution in [2.45, 2.75) is 18.4 Å². The van der Waals surface area contributed by atoms with Crippen molar-refractivity contribution in [3.8, 4) is 5.75 Å². The summed E-state index contributed by atoms with van der Waals surface area (Å²) in [7, 11) is -2.01. The highest BCUT2D eigenvalue weighted by molar-refractivity contribution is 7.45. The molecular formula is C28H36N3O10P. The van der Waals surface area contributed by atoms with Crippen molar-refractivity contribution >= 4 is 31.4 Å². The second-order valence-corrected chi connectivity index (χ2v) is 9.84. The standard InChI is InChI=1S/C28H33N3O6.H3O4P/c1-35-27(33)30-22-12-8-20(9-13-22)26(21-10-14-23(15-11-21)31-28(34)36-2)16-17-29-18-24(32)19-37-25-6-4-3-5-7-25;1-5(2,3)4/h3-15,24,26,29,32H,16-19H2,1-2H3,(H,30,33)(H,31,34);(H3,1,2,3,4)/t24-;/m0./s1. The van der Waals surface area contributed by atoms with Gasteiger partial charge in [-0.3, -0.25) is 10.6 Å². The fraction of sp³-hybridized carbons (Fsp3) is 0.286. The Balaban J connectivity index is 0.00000113. The van der Waals surface area contributed by atoms with E-state index in [-0.39, 0.29) is 12.5 Å². The topological polar surface area (TPSA) is 196 Å². The molecule has 0 aromatic heterocycles.